The molecule has 4 nitrogen and oxygen atoms in total. The van der Waals surface area contributed by atoms with Gasteiger partial charge in [-0.05, 0) is 29.7 Å². The topological polar surface area (TPSA) is 44.8 Å². The summed E-state index contributed by atoms with van der Waals surface area (Å²) in [5.41, 5.74) is 0.634. The summed E-state index contributed by atoms with van der Waals surface area (Å²) in [6.45, 7) is 0. The van der Waals surface area contributed by atoms with E-state index in [4.69, 9.17) is 14.2 Å². The molecule has 0 aromatic heterocycles. The highest BCUT2D eigenvalue weighted by Gasteiger charge is 2.11. The quantitative estimate of drug-likeness (QED) is 0.653. The van der Waals surface area contributed by atoms with Crippen molar-refractivity contribution in [3.63, 3.8) is 0 Å². The molecule has 116 valence electrons. The molecule has 3 rings (SSSR count). The van der Waals surface area contributed by atoms with Crippen LogP contribution >= 0.6 is 0 Å². The summed E-state index contributed by atoms with van der Waals surface area (Å²) in [4.78, 5) is 11.2. The maximum Gasteiger partial charge on any atom is 0.169 e. The van der Waals surface area contributed by atoms with Crippen molar-refractivity contribution in [2.24, 2.45) is 0 Å². The average molecular weight is 308 g/mol. The highest BCUT2D eigenvalue weighted by Crippen LogP contribution is 2.37. The number of hydrogen-bond donors (Lipinski definition) is 0. The molecule has 0 aliphatic carbocycles. The lowest BCUT2D eigenvalue weighted by atomic mass is 10.0. The van der Waals surface area contributed by atoms with E-state index in [1.807, 2.05) is 24.3 Å². The van der Waals surface area contributed by atoms with E-state index in [0.29, 0.717) is 28.6 Å². The minimum atomic E-state index is 0.577. The van der Waals surface area contributed by atoms with Crippen LogP contribution in [0.3, 0.4) is 0 Å². The fourth-order valence-corrected chi connectivity index (χ4v) is 2.46. The Morgan fingerprint density at radius 3 is 2.22 bits per heavy atom. The van der Waals surface area contributed by atoms with Crippen LogP contribution < -0.4 is 14.2 Å². The minimum Gasteiger partial charge on any atom is -0.497 e. The highest BCUT2D eigenvalue weighted by molar-refractivity contribution is 6.01. The zero-order valence-electron chi connectivity index (χ0n) is 12.9. The van der Waals surface area contributed by atoms with Crippen molar-refractivity contribution in [1.29, 1.82) is 0 Å². The van der Waals surface area contributed by atoms with Gasteiger partial charge >= 0.3 is 0 Å². The van der Waals surface area contributed by atoms with Crippen molar-refractivity contribution in [1.82, 2.24) is 0 Å². The lowest BCUT2D eigenvalue weighted by Crippen LogP contribution is -1.93. The number of aldehydes is 1. The van der Waals surface area contributed by atoms with Crippen molar-refractivity contribution >= 4 is 17.1 Å². The van der Waals surface area contributed by atoms with E-state index in [9.17, 15) is 4.79 Å². The molecule has 0 N–H and O–H groups in total. The molecule has 0 atom stereocenters. The SMILES string of the molecule is COc1ccc(Oc2ccc(C=O)c3ccccc23)c(OC)c1. The standard InChI is InChI=1S/C19H16O4/c1-21-14-8-10-18(19(11-14)22-2)23-17-9-7-13(12-20)15-5-3-4-6-16(15)17/h3-12H,1-2H3. The third-order valence-electron chi connectivity index (χ3n) is 3.64. The number of rotatable bonds is 5. The number of carbonyl (C=O) groups excluding carboxylic acids is 1. The summed E-state index contributed by atoms with van der Waals surface area (Å²) in [6, 6.07) is 16.5. The first-order chi connectivity index (χ1) is 11.3. The van der Waals surface area contributed by atoms with E-state index in [-0.39, 0.29) is 0 Å². The summed E-state index contributed by atoms with van der Waals surface area (Å²) < 4.78 is 16.6. The van der Waals surface area contributed by atoms with Crippen LogP contribution in [-0.4, -0.2) is 20.5 Å². The van der Waals surface area contributed by atoms with Gasteiger partial charge in [0.05, 0.1) is 14.2 Å². The third-order valence-corrected chi connectivity index (χ3v) is 3.64. The second kappa shape index (κ2) is 6.40. The fourth-order valence-electron chi connectivity index (χ4n) is 2.46. The minimum absolute atomic E-state index is 0.577. The van der Waals surface area contributed by atoms with E-state index >= 15 is 0 Å². The van der Waals surface area contributed by atoms with E-state index < -0.39 is 0 Å². The molecular weight excluding hydrogens is 292 g/mol. The number of benzene rings is 3. The Kier molecular flexibility index (Phi) is 4.15. The van der Waals surface area contributed by atoms with E-state index in [2.05, 4.69) is 0 Å². The van der Waals surface area contributed by atoms with Crippen LogP contribution in [0.1, 0.15) is 10.4 Å². The van der Waals surface area contributed by atoms with Crippen LogP contribution in [0.25, 0.3) is 10.8 Å². The molecule has 0 saturated heterocycles. The molecule has 3 aromatic rings. The van der Waals surface area contributed by atoms with Gasteiger partial charge < -0.3 is 14.2 Å². The summed E-state index contributed by atoms with van der Waals surface area (Å²) in [5.74, 6) is 2.51. The fraction of sp³-hybridized carbons (Fsp3) is 0.105. The average Bonchev–Trinajstić information content (AvgIpc) is 2.62. The van der Waals surface area contributed by atoms with Crippen LogP contribution in [0.2, 0.25) is 0 Å². The molecule has 0 radical (unpaired) electrons. The molecule has 0 bridgehead atoms. The van der Waals surface area contributed by atoms with Crippen LogP contribution in [0, 0.1) is 0 Å². The van der Waals surface area contributed by atoms with Gasteiger partial charge in [-0.25, -0.2) is 0 Å². The molecule has 23 heavy (non-hydrogen) atoms. The van der Waals surface area contributed by atoms with Gasteiger partial charge in [-0.15, -0.1) is 0 Å². The Hall–Kier alpha value is -3.01. The van der Waals surface area contributed by atoms with Crippen LogP contribution in [0.5, 0.6) is 23.0 Å². The Morgan fingerprint density at radius 1 is 0.783 bits per heavy atom. The van der Waals surface area contributed by atoms with Gasteiger partial charge in [0, 0.05) is 17.0 Å². The first-order valence-corrected chi connectivity index (χ1v) is 7.13. The second-order valence-corrected chi connectivity index (χ2v) is 4.94. The van der Waals surface area contributed by atoms with Crippen LogP contribution in [0.15, 0.2) is 54.6 Å². The Bertz CT molecular complexity index is 855. The van der Waals surface area contributed by atoms with E-state index in [0.717, 1.165) is 17.1 Å². The molecule has 0 unspecified atom stereocenters. The smallest absolute Gasteiger partial charge is 0.169 e. The number of methoxy groups -OCH3 is 2. The van der Waals surface area contributed by atoms with Gasteiger partial charge in [0.15, 0.2) is 17.8 Å². The molecule has 0 fully saturated rings. The molecule has 3 aromatic carbocycles. The maximum absolute atomic E-state index is 11.2. The lowest BCUT2D eigenvalue weighted by Gasteiger charge is -2.13. The molecule has 0 spiro atoms. The van der Waals surface area contributed by atoms with E-state index in [1.165, 1.54) is 0 Å². The Labute approximate surface area is 134 Å². The second-order valence-electron chi connectivity index (χ2n) is 4.94. The summed E-state index contributed by atoms with van der Waals surface area (Å²) in [6.07, 6.45) is 0.847. The highest BCUT2D eigenvalue weighted by atomic mass is 16.5. The molecule has 0 aliphatic rings. The van der Waals surface area contributed by atoms with Gasteiger partial charge in [-0.2, -0.15) is 0 Å². The van der Waals surface area contributed by atoms with Gasteiger partial charge in [0.1, 0.15) is 11.5 Å². The van der Waals surface area contributed by atoms with E-state index in [1.54, 1.807) is 44.6 Å². The van der Waals surface area contributed by atoms with Crippen molar-refractivity contribution in [3.05, 3.63) is 60.2 Å². The Morgan fingerprint density at radius 2 is 1.52 bits per heavy atom. The van der Waals surface area contributed by atoms with Crippen LogP contribution in [0.4, 0.5) is 0 Å². The van der Waals surface area contributed by atoms with Gasteiger partial charge in [0.2, 0.25) is 0 Å². The largest absolute Gasteiger partial charge is 0.497 e. The maximum atomic E-state index is 11.2. The zero-order chi connectivity index (χ0) is 16.2. The first-order valence-electron chi connectivity index (χ1n) is 7.13. The molecular formula is C19H16O4. The predicted molar refractivity (Wildman–Crippen MR) is 89.0 cm³/mol. The Balaban J connectivity index is 2.07. The molecule has 4 heteroatoms. The number of ether oxygens (including phenoxy) is 3. The molecule has 0 heterocycles. The third kappa shape index (κ3) is 2.83. The number of hydrogen-bond acceptors (Lipinski definition) is 4. The van der Waals surface area contributed by atoms with Crippen molar-refractivity contribution in [3.8, 4) is 23.0 Å². The first kappa shape index (κ1) is 14.9. The van der Waals surface area contributed by atoms with Crippen molar-refractivity contribution in [2.45, 2.75) is 0 Å². The zero-order valence-corrected chi connectivity index (χ0v) is 12.9. The number of carbonyl (C=O) groups is 1. The molecule has 0 saturated carbocycles. The molecule has 0 aliphatic heterocycles. The summed E-state index contributed by atoms with van der Waals surface area (Å²) >= 11 is 0. The predicted octanol–water partition coefficient (Wildman–Crippen LogP) is 4.46. The number of fused-ring (bicyclic) bond motifs is 1. The summed E-state index contributed by atoms with van der Waals surface area (Å²) in [7, 11) is 3.18. The van der Waals surface area contributed by atoms with Crippen molar-refractivity contribution < 1.29 is 19.0 Å². The van der Waals surface area contributed by atoms with Crippen molar-refractivity contribution in [2.75, 3.05) is 14.2 Å². The van der Waals surface area contributed by atoms with Crippen LogP contribution in [-0.2, 0) is 0 Å². The van der Waals surface area contributed by atoms with Gasteiger partial charge in [-0.3, -0.25) is 4.79 Å². The van der Waals surface area contributed by atoms with Gasteiger partial charge in [-0.1, -0.05) is 24.3 Å². The monoisotopic (exact) mass is 308 g/mol. The lowest BCUT2D eigenvalue weighted by molar-refractivity contribution is 0.112. The van der Waals surface area contributed by atoms with Gasteiger partial charge in [0.25, 0.3) is 0 Å². The molecule has 0 amide bonds. The summed E-state index contributed by atoms with van der Waals surface area (Å²) in [5, 5.41) is 1.72. The normalized spacial score (nSPS) is 10.3.